The molecule has 14 heavy (non-hydrogen) atoms. The third-order valence-electron chi connectivity index (χ3n) is 3.82. The van der Waals surface area contributed by atoms with Crippen LogP contribution in [-0.4, -0.2) is 10.8 Å². The molecular formula is C12H25NS. The van der Waals surface area contributed by atoms with Crippen molar-refractivity contribution in [2.24, 2.45) is 11.7 Å². The van der Waals surface area contributed by atoms with Crippen molar-refractivity contribution >= 4 is 12.6 Å². The number of nitrogens with two attached hydrogens (primary N) is 1. The molecule has 0 radical (unpaired) electrons. The molecule has 0 aliphatic heterocycles. The normalized spacial score (nSPS) is 35.6. The smallest absolute Gasteiger partial charge is 0.0308 e. The SMILES string of the molecule is CCCC(CC)C1(S)CCCCC1N. The quantitative estimate of drug-likeness (QED) is 0.691. The monoisotopic (exact) mass is 215 g/mol. The van der Waals surface area contributed by atoms with Gasteiger partial charge in [-0.1, -0.05) is 39.5 Å². The second-order valence-corrected chi connectivity index (χ2v) is 5.57. The molecule has 2 heteroatoms. The van der Waals surface area contributed by atoms with Crippen molar-refractivity contribution in [1.29, 1.82) is 0 Å². The highest BCUT2D eigenvalue weighted by Crippen LogP contribution is 2.42. The predicted molar refractivity (Wildman–Crippen MR) is 66.8 cm³/mol. The van der Waals surface area contributed by atoms with Crippen LogP contribution in [0.4, 0.5) is 0 Å². The van der Waals surface area contributed by atoms with Gasteiger partial charge in [-0.25, -0.2) is 0 Å². The second kappa shape index (κ2) is 5.41. The fourth-order valence-electron chi connectivity index (χ4n) is 2.87. The lowest BCUT2D eigenvalue weighted by molar-refractivity contribution is 0.236. The summed E-state index contributed by atoms with van der Waals surface area (Å²) in [4.78, 5) is 0. The van der Waals surface area contributed by atoms with Crippen LogP contribution in [0.5, 0.6) is 0 Å². The van der Waals surface area contributed by atoms with Crippen LogP contribution in [0, 0.1) is 5.92 Å². The van der Waals surface area contributed by atoms with E-state index in [0.29, 0.717) is 12.0 Å². The summed E-state index contributed by atoms with van der Waals surface area (Å²) in [7, 11) is 0. The first-order chi connectivity index (χ1) is 6.65. The molecule has 0 bridgehead atoms. The van der Waals surface area contributed by atoms with Crippen molar-refractivity contribution in [2.45, 2.75) is 69.6 Å². The van der Waals surface area contributed by atoms with Gasteiger partial charge in [0.15, 0.2) is 0 Å². The first-order valence-electron chi connectivity index (χ1n) is 6.13. The average molecular weight is 215 g/mol. The maximum absolute atomic E-state index is 6.24. The van der Waals surface area contributed by atoms with E-state index in [4.69, 9.17) is 18.4 Å². The maximum Gasteiger partial charge on any atom is 0.0308 e. The average Bonchev–Trinajstić information content (AvgIpc) is 2.19. The Hall–Kier alpha value is 0.310. The molecule has 1 fully saturated rings. The van der Waals surface area contributed by atoms with Crippen molar-refractivity contribution in [3.05, 3.63) is 0 Å². The Bertz CT molecular complexity index is 172. The van der Waals surface area contributed by atoms with E-state index in [1.54, 1.807) is 0 Å². The topological polar surface area (TPSA) is 26.0 Å². The highest BCUT2D eigenvalue weighted by atomic mass is 32.1. The summed E-state index contributed by atoms with van der Waals surface area (Å²) in [6, 6.07) is 0.316. The molecule has 3 atom stereocenters. The summed E-state index contributed by atoms with van der Waals surface area (Å²) in [5.74, 6) is 0.714. The van der Waals surface area contributed by atoms with Crippen molar-refractivity contribution in [2.75, 3.05) is 0 Å². The van der Waals surface area contributed by atoms with E-state index in [9.17, 15) is 0 Å². The van der Waals surface area contributed by atoms with Crippen LogP contribution in [0.15, 0.2) is 0 Å². The second-order valence-electron chi connectivity index (χ2n) is 4.74. The molecule has 2 N–H and O–H groups in total. The molecule has 84 valence electrons. The Labute approximate surface area is 94.2 Å². The lowest BCUT2D eigenvalue weighted by atomic mass is 9.73. The van der Waals surface area contributed by atoms with Gasteiger partial charge < -0.3 is 5.73 Å². The highest BCUT2D eigenvalue weighted by Gasteiger charge is 2.40. The molecule has 1 saturated carbocycles. The third-order valence-corrected chi connectivity index (χ3v) is 4.74. The van der Waals surface area contributed by atoms with E-state index in [2.05, 4.69) is 13.8 Å². The Morgan fingerprint density at radius 2 is 2.14 bits per heavy atom. The van der Waals surface area contributed by atoms with Crippen LogP contribution in [-0.2, 0) is 0 Å². The molecular weight excluding hydrogens is 190 g/mol. The minimum Gasteiger partial charge on any atom is -0.326 e. The van der Waals surface area contributed by atoms with Crippen LogP contribution in [0.25, 0.3) is 0 Å². The van der Waals surface area contributed by atoms with E-state index >= 15 is 0 Å². The van der Waals surface area contributed by atoms with Crippen LogP contribution in [0.2, 0.25) is 0 Å². The zero-order valence-electron chi connectivity index (χ0n) is 9.63. The Morgan fingerprint density at radius 3 is 2.64 bits per heavy atom. The molecule has 0 saturated heterocycles. The summed E-state index contributed by atoms with van der Waals surface area (Å²) in [5.41, 5.74) is 6.24. The van der Waals surface area contributed by atoms with Gasteiger partial charge in [-0.05, 0) is 25.2 Å². The Balaban J connectivity index is 2.67. The first kappa shape index (κ1) is 12.4. The van der Waals surface area contributed by atoms with E-state index in [0.717, 1.165) is 0 Å². The van der Waals surface area contributed by atoms with Crippen LogP contribution in [0.1, 0.15) is 58.8 Å². The van der Waals surface area contributed by atoms with Crippen molar-refractivity contribution in [3.8, 4) is 0 Å². The molecule has 1 aliphatic carbocycles. The van der Waals surface area contributed by atoms with Gasteiger partial charge in [-0.3, -0.25) is 0 Å². The number of hydrogen-bond donors (Lipinski definition) is 2. The van der Waals surface area contributed by atoms with E-state index < -0.39 is 0 Å². The van der Waals surface area contributed by atoms with Gasteiger partial charge in [0.05, 0.1) is 0 Å². The fourth-order valence-corrected chi connectivity index (χ4v) is 3.47. The van der Waals surface area contributed by atoms with Crippen molar-refractivity contribution in [1.82, 2.24) is 0 Å². The lowest BCUT2D eigenvalue weighted by Gasteiger charge is -2.44. The van der Waals surface area contributed by atoms with Crippen LogP contribution >= 0.6 is 12.6 Å². The van der Waals surface area contributed by atoms with Gasteiger partial charge in [0.25, 0.3) is 0 Å². The first-order valence-corrected chi connectivity index (χ1v) is 6.57. The molecule has 1 aliphatic rings. The summed E-state index contributed by atoms with van der Waals surface area (Å²) in [6.07, 6.45) is 8.77. The van der Waals surface area contributed by atoms with E-state index in [1.807, 2.05) is 0 Å². The third kappa shape index (κ3) is 2.46. The molecule has 0 aromatic heterocycles. The molecule has 1 rings (SSSR count). The van der Waals surface area contributed by atoms with Crippen LogP contribution < -0.4 is 5.73 Å². The summed E-state index contributed by atoms with van der Waals surface area (Å²) in [6.45, 7) is 4.54. The molecule has 0 aromatic rings. The van der Waals surface area contributed by atoms with Gasteiger partial charge in [-0.2, -0.15) is 12.6 Å². The van der Waals surface area contributed by atoms with Crippen LogP contribution in [0.3, 0.4) is 0 Å². The van der Waals surface area contributed by atoms with Crippen molar-refractivity contribution < 1.29 is 0 Å². The molecule has 1 nitrogen and oxygen atoms in total. The van der Waals surface area contributed by atoms with Crippen molar-refractivity contribution in [3.63, 3.8) is 0 Å². The van der Waals surface area contributed by atoms with Gasteiger partial charge in [0, 0.05) is 10.8 Å². The Kier molecular flexibility index (Phi) is 4.78. The molecule has 0 amide bonds. The van der Waals surface area contributed by atoms with E-state index in [-0.39, 0.29) is 4.75 Å². The predicted octanol–water partition coefficient (Wildman–Crippen LogP) is 3.38. The number of rotatable bonds is 4. The molecule has 0 aromatic carbocycles. The molecule has 0 spiro atoms. The molecule has 3 unspecified atom stereocenters. The minimum atomic E-state index is 0.128. The van der Waals surface area contributed by atoms with E-state index in [1.165, 1.54) is 44.9 Å². The van der Waals surface area contributed by atoms with Gasteiger partial charge in [0.2, 0.25) is 0 Å². The largest absolute Gasteiger partial charge is 0.326 e. The number of hydrogen-bond acceptors (Lipinski definition) is 2. The fraction of sp³-hybridized carbons (Fsp3) is 1.00. The standard InChI is InChI=1S/C12H25NS/c1-3-7-10(4-2)12(14)9-6-5-8-11(12)13/h10-11,14H,3-9,13H2,1-2H3. The Morgan fingerprint density at radius 1 is 1.43 bits per heavy atom. The summed E-state index contributed by atoms with van der Waals surface area (Å²) >= 11 is 4.93. The lowest BCUT2D eigenvalue weighted by Crippen LogP contribution is -2.51. The maximum atomic E-state index is 6.24. The van der Waals surface area contributed by atoms with Gasteiger partial charge >= 0.3 is 0 Å². The van der Waals surface area contributed by atoms with Gasteiger partial charge in [-0.15, -0.1) is 0 Å². The zero-order valence-corrected chi connectivity index (χ0v) is 10.5. The summed E-state index contributed by atoms with van der Waals surface area (Å²) in [5, 5.41) is 0. The highest BCUT2D eigenvalue weighted by molar-refractivity contribution is 7.81. The minimum absolute atomic E-state index is 0.128. The number of thiol groups is 1. The zero-order chi connectivity index (χ0) is 10.6. The molecule has 0 heterocycles. The van der Waals surface area contributed by atoms with Gasteiger partial charge in [0.1, 0.15) is 0 Å². The summed E-state index contributed by atoms with van der Waals surface area (Å²) < 4.78 is 0.128.